The van der Waals surface area contributed by atoms with Gasteiger partial charge in [0, 0.05) is 18.3 Å². The predicted molar refractivity (Wildman–Crippen MR) is 108 cm³/mol. The van der Waals surface area contributed by atoms with Crippen molar-refractivity contribution < 1.29 is 9.47 Å². The maximum atomic E-state index is 5.35. The van der Waals surface area contributed by atoms with E-state index in [1.807, 2.05) is 30.3 Å². The summed E-state index contributed by atoms with van der Waals surface area (Å²) in [5, 5.41) is 6.70. The SMILES string of the molecule is COc1ccc(CNc2cc(Nc3c(C)cccc3C)ncn2)cc1OC. The molecule has 0 bridgehead atoms. The first-order valence-corrected chi connectivity index (χ1v) is 8.70. The van der Waals surface area contributed by atoms with Gasteiger partial charge in [-0.3, -0.25) is 0 Å². The second-order valence-electron chi connectivity index (χ2n) is 6.22. The van der Waals surface area contributed by atoms with Crippen molar-refractivity contribution in [1.29, 1.82) is 0 Å². The van der Waals surface area contributed by atoms with Crippen molar-refractivity contribution in [3.8, 4) is 11.5 Å². The van der Waals surface area contributed by atoms with Crippen LogP contribution in [0.5, 0.6) is 11.5 Å². The van der Waals surface area contributed by atoms with Gasteiger partial charge in [-0.2, -0.15) is 0 Å². The number of nitrogens with zero attached hydrogens (tertiary/aromatic N) is 2. The third-order valence-electron chi connectivity index (χ3n) is 4.32. The molecule has 6 heteroatoms. The van der Waals surface area contributed by atoms with Gasteiger partial charge in [-0.15, -0.1) is 0 Å². The summed E-state index contributed by atoms with van der Waals surface area (Å²) in [6.07, 6.45) is 1.55. The number of anilines is 3. The minimum Gasteiger partial charge on any atom is -0.493 e. The molecule has 3 aromatic rings. The molecular formula is C21H24N4O2. The molecule has 1 aromatic heterocycles. The highest BCUT2D eigenvalue weighted by Gasteiger charge is 2.07. The summed E-state index contributed by atoms with van der Waals surface area (Å²) < 4.78 is 10.6. The fraction of sp³-hybridized carbons (Fsp3) is 0.238. The fourth-order valence-electron chi connectivity index (χ4n) is 2.85. The molecular weight excluding hydrogens is 340 g/mol. The molecule has 2 aromatic carbocycles. The Kier molecular flexibility index (Phi) is 5.76. The third-order valence-corrected chi connectivity index (χ3v) is 4.32. The van der Waals surface area contributed by atoms with Gasteiger partial charge in [-0.05, 0) is 42.7 Å². The van der Waals surface area contributed by atoms with E-state index in [-0.39, 0.29) is 0 Å². The van der Waals surface area contributed by atoms with Gasteiger partial charge in [0.05, 0.1) is 14.2 Å². The van der Waals surface area contributed by atoms with Gasteiger partial charge < -0.3 is 20.1 Å². The van der Waals surface area contributed by atoms with E-state index in [1.54, 1.807) is 20.5 Å². The summed E-state index contributed by atoms with van der Waals surface area (Å²) >= 11 is 0. The summed E-state index contributed by atoms with van der Waals surface area (Å²) in [5.41, 5.74) is 4.49. The van der Waals surface area contributed by atoms with Crippen LogP contribution >= 0.6 is 0 Å². The van der Waals surface area contributed by atoms with Crippen molar-refractivity contribution in [2.45, 2.75) is 20.4 Å². The standard InChI is InChI=1S/C21H24N4O2/c1-14-6-5-7-15(2)21(14)25-20-11-19(23-13-24-20)22-12-16-8-9-17(26-3)18(10-16)27-4/h5-11,13H,12H2,1-4H3,(H2,22,23,24,25). The van der Waals surface area contributed by atoms with Gasteiger partial charge >= 0.3 is 0 Å². The molecule has 0 aliphatic rings. The topological polar surface area (TPSA) is 68.3 Å². The molecule has 27 heavy (non-hydrogen) atoms. The van der Waals surface area contributed by atoms with E-state index in [0.29, 0.717) is 18.0 Å². The molecule has 140 valence electrons. The van der Waals surface area contributed by atoms with Gasteiger partial charge in [0.15, 0.2) is 11.5 Å². The lowest BCUT2D eigenvalue weighted by Crippen LogP contribution is -2.04. The average Bonchev–Trinajstić information content (AvgIpc) is 2.69. The molecule has 1 heterocycles. The minimum absolute atomic E-state index is 0.611. The van der Waals surface area contributed by atoms with Gasteiger partial charge in [0.2, 0.25) is 0 Å². The first-order chi connectivity index (χ1) is 13.1. The number of ether oxygens (including phenoxy) is 2. The largest absolute Gasteiger partial charge is 0.493 e. The Morgan fingerprint density at radius 2 is 1.56 bits per heavy atom. The van der Waals surface area contributed by atoms with Gasteiger partial charge in [-0.1, -0.05) is 24.3 Å². The Morgan fingerprint density at radius 3 is 2.26 bits per heavy atom. The zero-order chi connectivity index (χ0) is 19.2. The molecule has 0 atom stereocenters. The average molecular weight is 364 g/mol. The molecule has 0 amide bonds. The number of methoxy groups -OCH3 is 2. The Hall–Kier alpha value is -3.28. The first-order valence-electron chi connectivity index (χ1n) is 8.70. The maximum Gasteiger partial charge on any atom is 0.161 e. The van der Waals surface area contributed by atoms with E-state index in [0.717, 1.165) is 22.9 Å². The molecule has 0 aliphatic carbocycles. The monoisotopic (exact) mass is 364 g/mol. The van der Waals surface area contributed by atoms with Gasteiger partial charge in [0.25, 0.3) is 0 Å². The van der Waals surface area contributed by atoms with Crippen molar-refractivity contribution >= 4 is 17.3 Å². The molecule has 2 N–H and O–H groups in total. The van der Waals surface area contributed by atoms with Crippen LogP contribution in [0.15, 0.2) is 48.8 Å². The minimum atomic E-state index is 0.611. The van der Waals surface area contributed by atoms with E-state index in [1.165, 1.54) is 11.1 Å². The number of aromatic nitrogens is 2. The van der Waals surface area contributed by atoms with Crippen LogP contribution in [0.2, 0.25) is 0 Å². The normalized spacial score (nSPS) is 10.4. The van der Waals surface area contributed by atoms with Crippen LogP contribution in [0.1, 0.15) is 16.7 Å². The highest BCUT2D eigenvalue weighted by atomic mass is 16.5. The molecule has 0 saturated heterocycles. The van der Waals surface area contributed by atoms with Crippen LogP contribution in [-0.4, -0.2) is 24.2 Å². The highest BCUT2D eigenvalue weighted by Crippen LogP contribution is 2.28. The maximum absolute atomic E-state index is 5.35. The number of para-hydroxylation sites is 1. The molecule has 0 spiro atoms. The van der Waals surface area contributed by atoms with E-state index >= 15 is 0 Å². The number of benzene rings is 2. The summed E-state index contributed by atoms with van der Waals surface area (Å²) in [6.45, 7) is 4.76. The van der Waals surface area contributed by atoms with Crippen LogP contribution in [0, 0.1) is 13.8 Å². The zero-order valence-electron chi connectivity index (χ0n) is 16.0. The van der Waals surface area contributed by atoms with E-state index < -0.39 is 0 Å². The molecule has 3 rings (SSSR count). The van der Waals surface area contributed by atoms with Crippen LogP contribution in [0.25, 0.3) is 0 Å². The van der Waals surface area contributed by atoms with Crippen LogP contribution < -0.4 is 20.1 Å². The Bertz CT molecular complexity index is 908. The van der Waals surface area contributed by atoms with Gasteiger partial charge in [0.1, 0.15) is 18.0 Å². The quantitative estimate of drug-likeness (QED) is 0.645. The predicted octanol–water partition coefficient (Wildman–Crippen LogP) is 4.47. The lowest BCUT2D eigenvalue weighted by atomic mass is 10.1. The number of nitrogens with one attached hydrogen (secondary N) is 2. The lowest BCUT2D eigenvalue weighted by Gasteiger charge is -2.13. The Balaban J connectivity index is 1.71. The van der Waals surface area contributed by atoms with Crippen LogP contribution in [-0.2, 0) is 6.54 Å². The molecule has 0 aliphatic heterocycles. The number of hydrogen-bond acceptors (Lipinski definition) is 6. The first kappa shape index (κ1) is 18.5. The summed E-state index contributed by atoms with van der Waals surface area (Å²) in [6, 6.07) is 13.9. The van der Waals surface area contributed by atoms with Crippen LogP contribution in [0.4, 0.5) is 17.3 Å². The lowest BCUT2D eigenvalue weighted by molar-refractivity contribution is 0.354. The van der Waals surface area contributed by atoms with Crippen molar-refractivity contribution in [2.75, 3.05) is 24.9 Å². The van der Waals surface area contributed by atoms with E-state index in [9.17, 15) is 0 Å². The Labute approximate surface area is 159 Å². The summed E-state index contributed by atoms with van der Waals surface area (Å²) in [7, 11) is 3.26. The molecule has 0 unspecified atom stereocenters. The smallest absolute Gasteiger partial charge is 0.161 e. The zero-order valence-corrected chi connectivity index (χ0v) is 16.0. The van der Waals surface area contributed by atoms with Crippen LogP contribution in [0.3, 0.4) is 0 Å². The van der Waals surface area contributed by atoms with Gasteiger partial charge in [-0.25, -0.2) is 9.97 Å². The van der Waals surface area contributed by atoms with E-state index in [4.69, 9.17) is 9.47 Å². The number of aryl methyl sites for hydroxylation is 2. The van der Waals surface area contributed by atoms with Crippen molar-refractivity contribution in [1.82, 2.24) is 9.97 Å². The Morgan fingerprint density at radius 1 is 0.852 bits per heavy atom. The molecule has 0 fully saturated rings. The number of rotatable bonds is 7. The molecule has 0 radical (unpaired) electrons. The highest BCUT2D eigenvalue weighted by molar-refractivity contribution is 5.65. The molecule has 0 saturated carbocycles. The summed E-state index contributed by atoms with van der Waals surface area (Å²) in [4.78, 5) is 8.62. The third kappa shape index (κ3) is 4.47. The number of hydrogen-bond donors (Lipinski definition) is 2. The van der Waals surface area contributed by atoms with E-state index in [2.05, 4.69) is 46.6 Å². The van der Waals surface area contributed by atoms with Crippen molar-refractivity contribution in [3.05, 3.63) is 65.5 Å². The second-order valence-corrected chi connectivity index (χ2v) is 6.22. The van der Waals surface area contributed by atoms with Crippen molar-refractivity contribution in [2.24, 2.45) is 0 Å². The van der Waals surface area contributed by atoms with Crippen molar-refractivity contribution in [3.63, 3.8) is 0 Å². The second kappa shape index (κ2) is 8.40. The summed E-state index contributed by atoms with van der Waals surface area (Å²) in [5.74, 6) is 2.91. The molecule has 6 nitrogen and oxygen atoms in total. The fourth-order valence-corrected chi connectivity index (χ4v) is 2.85.